The molecular formula is C15H23N3O. The largest absolute Gasteiger partial charge is 0.393 e. The zero-order valence-electron chi connectivity index (χ0n) is 11.5. The number of nitrogens with one attached hydrogen (secondary N) is 1. The van der Waals surface area contributed by atoms with Gasteiger partial charge < -0.3 is 15.3 Å². The van der Waals surface area contributed by atoms with Crippen molar-refractivity contribution >= 4 is 5.82 Å². The number of aliphatic hydroxyl groups excluding tert-OH is 1. The molecule has 4 nitrogen and oxygen atoms in total. The predicted octanol–water partition coefficient (Wildman–Crippen LogP) is 1.54. The monoisotopic (exact) mass is 261 g/mol. The first-order valence-corrected chi connectivity index (χ1v) is 7.34. The Kier molecular flexibility index (Phi) is 3.71. The number of hydrogen-bond donors (Lipinski definition) is 2. The van der Waals surface area contributed by atoms with E-state index in [0.717, 1.165) is 37.9 Å². The molecule has 3 rings (SSSR count). The maximum atomic E-state index is 9.84. The van der Waals surface area contributed by atoms with E-state index in [2.05, 4.69) is 28.2 Å². The van der Waals surface area contributed by atoms with Gasteiger partial charge in [0, 0.05) is 37.4 Å². The van der Waals surface area contributed by atoms with E-state index in [9.17, 15) is 5.11 Å². The number of pyridine rings is 1. The Morgan fingerprint density at radius 2 is 2.26 bits per heavy atom. The van der Waals surface area contributed by atoms with Gasteiger partial charge in [0.25, 0.3) is 0 Å². The molecular weight excluding hydrogens is 238 g/mol. The second kappa shape index (κ2) is 5.47. The van der Waals surface area contributed by atoms with Crippen LogP contribution in [0.15, 0.2) is 18.3 Å². The second-order valence-corrected chi connectivity index (χ2v) is 5.92. The first kappa shape index (κ1) is 12.9. The number of aromatic nitrogens is 1. The third-order valence-electron chi connectivity index (χ3n) is 4.19. The van der Waals surface area contributed by atoms with Crippen LogP contribution < -0.4 is 10.2 Å². The van der Waals surface area contributed by atoms with E-state index in [1.807, 2.05) is 12.3 Å². The molecule has 1 saturated heterocycles. The van der Waals surface area contributed by atoms with Crippen LogP contribution in [0, 0.1) is 5.92 Å². The number of hydrogen-bond acceptors (Lipinski definition) is 4. The summed E-state index contributed by atoms with van der Waals surface area (Å²) in [6, 6.07) is 4.89. The minimum Gasteiger partial charge on any atom is -0.393 e. The third kappa shape index (κ3) is 3.07. The normalized spacial score (nSPS) is 27.6. The quantitative estimate of drug-likeness (QED) is 0.863. The summed E-state index contributed by atoms with van der Waals surface area (Å²) in [5, 5.41) is 13.4. The van der Waals surface area contributed by atoms with E-state index in [1.54, 1.807) is 0 Å². The smallest absolute Gasteiger partial charge is 0.133 e. The highest BCUT2D eigenvalue weighted by atomic mass is 16.3. The molecule has 1 aliphatic carbocycles. The van der Waals surface area contributed by atoms with E-state index in [4.69, 9.17) is 0 Å². The van der Waals surface area contributed by atoms with Crippen molar-refractivity contribution in [2.24, 2.45) is 5.92 Å². The SMILES string of the molecule is CC1CN(c2ncccc2CNC2CC2)CCC1O. The van der Waals surface area contributed by atoms with Crippen LogP contribution in [0.1, 0.15) is 31.7 Å². The van der Waals surface area contributed by atoms with Gasteiger partial charge in [-0.05, 0) is 31.2 Å². The van der Waals surface area contributed by atoms with Crippen LogP contribution in [-0.2, 0) is 6.54 Å². The minimum atomic E-state index is -0.159. The lowest BCUT2D eigenvalue weighted by atomic mass is 9.96. The molecule has 1 aromatic rings. The predicted molar refractivity (Wildman–Crippen MR) is 76.1 cm³/mol. The van der Waals surface area contributed by atoms with E-state index in [0.29, 0.717) is 5.92 Å². The molecule has 1 aromatic heterocycles. The van der Waals surface area contributed by atoms with Gasteiger partial charge in [-0.1, -0.05) is 13.0 Å². The molecule has 0 bridgehead atoms. The summed E-state index contributed by atoms with van der Waals surface area (Å²) in [6.07, 6.45) is 5.16. The molecule has 19 heavy (non-hydrogen) atoms. The van der Waals surface area contributed by atoms with Gasteiger partial charge in [-0.15, -0.1) is 0 Å². The van der Waals surface area contributed by atoms with Gasteiger partial charge in [0.15, 0.2) is 0 Å². The molecule has 0 radical (unpaired) electrons. The van der Waals surface area contributed by atoms with Gasteiger partial charge >= 0.3 is 0 Å². The molecule has 2 N–H and O–H groups in total. The molecule has 1 saturated carbocycles. The fourth-order valence-electron chi connectivity index (χ4n) is 2.72. The number of anilines is 1. The van der Waals surface area contributed by atoms with Gasteiger partial charge in [-0.2, -0.15) is 0 Å². The molecule has 2 atom stereocenters. The summed E-state index contributed by atoms with van der Waals surface area (Å²) in [4.78, 5) is 6.89. The van der Waals surface area contributed by atoms with Gasteiger partial charge in [0.05, 0.1) is 6.10 Å². The summed E-state index contributed by atoms with van der Waals surface area (Å²) in [5.41, 5.74) is 1.28. The highest BCUT2D eigenvalue weighted by Gasteiger charge is 2.26. The van der Waals surface area contributed by atoms with E-state index >= 15 is 0 Å². The second-order valence-electron chi connectivity index (χ2n) is 5.92. The van der Waals surface area contributed by atoms with Crippen molar-refractivity contribution in [1.29, 1.82) is 0 Å². The van der Waals surface area contributed by atoms with Crippen LogP contribution in [0.2, 0.25) is 0 Å². The summed E-state index contributed by atoms with van der Waals surface area (Å²) in [7, 11) is 0. The zero-order valence-corrected chi connectivity index (χ0v) is 11.5. The maximum absolute atomic E-state index is 9.84. The fourth-order valence-corrected chi connectivity index (χ4v) is 2.72. The van der Waals surface area contributed by atoms with Gasteiger partial charge in [-0.25, -0.2) is 4.98 Å². The van der Waals surface area contributed by atoms with Crippen LogP contribution in [-0.4, -0.2) is 35.3 Å². The van der Waals surface area contributed by atoms with Gasteiger partial charge in [0.2, 0.25) is 0 Å². The Bertz CT molecular complexity index is 433. The average Bonchev–Trinajstić information content (AvgIpc) is 3.24. The van der Waals surface area contributed by atoms with Crippen molar-refractivity contribution < 1.29 is 5.11 Å². The van der Waals surface area contributed by atoms with Crippen molar-refractivity contribution in [2.45, 2.75) is 44.9 Å². The maximum Gasteiger partial charge on any atom is 0.133 e. The molecule has 0 amide bonds. The Labute approximate surface area is 114 Å². The molecule has 1 aliphatic heterocycles. The van der Waals surface area contributed by atoms with Crippen LogP contribution >= 0.6 is 0 Å². The molecule has 2 unspecified atom stereocenters. The topological polar surface area (TPSA) is 48.4 Å². The van der Waals surface area contributed by atoms with Crippen molar-refractivity contribution in [3.8, 4) is 0 Å². The summed E-state index contributed by atoms with van der Waals surface area (Å²) >= 11 is 0. The van der Waals surface area contributed by atoms with Crippen LogP contribution in [0.25, 0.3) is 0 Å². The van der Waals surface area contributed by atoms with Gasteiger partial charge in [-0.3, -0.25) is 0 Å². The third-order valence-corrected chi connectivity index (χ3v) is 4.19. The Hall–Kier alpha value is -1.13. The molecule has 104 valence electrons. The lowest BCUT2D eigenvalue weighted by molar-refractivity contribution is 0.0968. The van der Waals surface area contributed by atoms with Crippen molar-refractivity contribution in [2.75, 3.05) is 18.0 Å². The Morgan fingerprint density at radius 3 is 3.00 bits per heavy atom. The number of aliphatic hydroxyl groups is 1. The van der Waals surface area contributed by atoms with Gasteiger partial charge in [0.1, 0.15) is 5.82 Å². The van der Waals surface area contributed by atoms with Crippen LogP contribution in [0.3, 0.4) is 0 Å². The highest BCUT2D eigenvalue weighted by molar-refractivity contribution is 5.47. The molecule has 2 heterocycles. The lowest BCUT2D eigenvalue weighted by Crippen LogP contribution is -2.42. The molecule has 0 spiro atoms. The number of nitrogens with zero attached hydrogens (tertiary/aromatic N) is 2. The highest BCUT2D eigenvalue weighted by Crippen LogP contribution is 2.26. The van der Waals surface area contributed by atoms with Crippen molar-refractivity contribution in [3.05, 3.63) is 23.9 Å². The van der Waals surface area contributed by atoms with Crippen molar-refractivity contribution in [1.82, 2.24) is 10.3 Å². The molecule has 0 aromatic carbocycles. The van der Waals surface area contributed by atoms with Crippen LogP contribution in [0.4, 0.5) is 5.82 Å². The summed E-state index contributed by atoms with van der Waals surface area (Å²) < 4.78 is 0. The van der Waals surface area contributed by atoms with E-state index in [-0.39, 0.29) is 6.10 Å². The minimum absolute atomic E-state index is 0.159. The first-order chi connectivity index (χ1) is 9.24. The Morgan fingerprint density at radius 1 is 1.42 bits per heavy atom. The number of piperidine rings is 1. The average molecular weight is 261 g/mol. The zero-order chi connectivity index (χ0) is 13.2. The standard InChI is InChI=1S/C15H23N3O/c1-11-10-18(8-6-14(11)19)15-12(3-2-7-16-15)9-17-13-4-5-13/h2-3,7,11,13-14,17,19H,4-6,8-10H2,1H3. The number of rotatable bonds is 4. The lowest BCUT2D eigenvalue weighted by Gasteiger charge is -2.36. The van der Waals surface area contributed by atoms with Crippen molar-refractivity contribution in [3.63, 3.8) is 0 Å². The Balaban J connectivity index is 1.71. The molecule has 2 aliphatic rings. The first-order valence-electron chi connectivity index (χ1n) is 7.34. The summed E-state index contributed by atoms with van der Waals surface area (Å²) in [6.45, 7) is 4.82. The van der Waals surface area contributed by atoms with Crippen LogP contribution in [0.5, 0.6) is 0 Å². The summed E-state index contributed by atoms with van der Waals surface area (Å²) in [5.74, 6) is 1.41. The fraction of sp³-hybridized carbons (Fsp3) is 0.667. The van der Waals surface area contributed by atoms with E-state index < -0.39 is 0 Å². The molecule has 2 fully saturated rings. The molecule has 4 heteroatoms. The van der Waals surface area contributed by atoms with E-state index in [1.165, 1.54) is 18.4 Å².